The van der Waals surface area contributed by atoms with Gasteiger partial charge in [0.2, 0.25) is 41.5 Å². The zero-order valence-corrected chi connectivity index (χ0v) is 55.2. The van der Waals surface area contributed by atoms with Gasteiger partial charge in [0.25, 0.3) is 0 Å². The molecule has 0 radical (unpaired) electrons. The molecule has 1 aliphatic carbocycles. The van der Waals surface area contributed by atoms with Crippen molar-refractivity contribution < 1.29 is 108 Å². The van der Waals surface area contributed by atoms with Gasteiger partial charge in [-0.1, -0.05) is 68.2 Å². The SMILES string of the molecule is CC(C)CC(C)C(=O)NC1C(=O)CC(CC(N)=O)C(=O)NC2C(=O)CC3C(=O)CC(C(=O)NCc4cc(O)cc5c4-c4cc3ccc4C5(O)O)C(O)c3ccc(c(Cl)c3)Oc3cc2cc(c3OC2OC(CO)C(O)C(O)C2OC2CC(C)(N)C(O)C(C)O2)Oc2ccc(cc2Cl)C1O. The zero-order valence-electron chi connectivity index (χ0n) is 53.7. The van der Waals surface area contributed by atoms with Crippen molar-refractivity contribution in [2.24, 2.45) is 35.1 Å². The fraction of sp³-hybridized carbons (Fsp3) is 0.464. The summed E-state index contributed by atoms with van der Waals surface area (Å²) in [6.45, 7) is 7.12. The average Bonchev–Trinajstić information content (AvgIpc) is 1.56. The summed E-state index contributed by atoms with van der Waals surface area (Å²) in [5, 5.41) is 111. The topological polar surface area (TPSA) is 445 Å². The van der Waals surface area contributed by atoms with E-state index in [1.807, 2.05) is 13.8 Å². The first-order valence-corrected chi connectivity index (χ1v) is 32.7. The summed E-state index contributed by atoms with van der Waals surface area (Å²) in [5.74, 6) is -17.8. The maximum Gasteiger partial charge on any atom is 0.230 e. The number of hydrogen-bond donors (Lipinski definition) is 14. The molecule has 98 heavy (non-hydrogen) atoms. The van der Waals surface area contributed by atoms with E-state index < -0.39 is 205 Å². The van der Waals surface area contributed by atoms with Crippen molar-refractivity contribution in [2.75, 3.05) is 6.61 Å². The highest BCUT2D eigenvalue weighted by Gasteiger charge is 2.52. The maximum atomic E-state index is 16.2. The number of fused-ring (bicyclic) bond motifs is 12. The summed E-state index contributed by atoms with van der Waals surface area (Å²) in [4.78, 5) is 104. The van der Waals surface area contributed by atoms with Gasteiger partial charge in [0.05, 0.1) is 46.8 Å². The van der Waals surface area contributed by atoms with Gasteiger partial charge in [0.1, 0.15) is 59.5 Å². The Hall–Kier alpha value is -7.71. The van der Waals surface area contributed by atoms with Gasteiger partial charge in [-0.2, -0.15) is 0 Å². The van der Waals surface area contributed by atoms with Crippen LogP contribution in [0.4, 0.5) is 0 Å². The summed E-state index contributed by atoms with van der Waals surface area (Å²) < 4.78 is 38.6. The lowest BCUT2D eigenvalue weighted by Crippen LogP contribution is -2.64. The molecule has 11 bridgehead atoms. The molecule has 13 rings (SSSR count). The van der Waals surface area contributed by atoms with Crippen molar-refractivity contribution >= 4 is 64.2 Å². The van der Waals surface area contributed by atoms with E-state index >= 15 is 14.4 Å². The van der Waals surface area contributed by atoms with Crippen LogP contribution in [0.2, 0.25) is 10.0 Å². The fourth-order valence-electron chi connectivity index (χ4n) is 13.8. The Bertz CT molecular complexity index is 4000. The number of benzene rings is 5. The summed E-state index contributed by atoms with van der Waals surface area (Å²) in [7, 11) is 0. The van der Waals surface area contributed by atoms with Gasteiger partial charge >= 0.3 is 0 Å². The molecule has 5 aromatic rings. The normalized spacial score (nSPS) is 30.4. The maximum absolute atomic E-state index is 16.2. The van der Waals surface area contributed by atoms with E-state index in [0.717, 1.165) is 18.2 Å². The second-order valence-corrected chi connectivity index (χ2v) is 27.7. The number of aliphatic hydroxyl groups excluding tert-OH is 6. The van der Waals surface area contributed by atoms with Gasteiger partial charge < -0.3 is 102 Å². The van der Waals surface area contributed by atoms with Gasteiger partial charge in [-0.3, -0.25) is 33.6 Å². The Balaban J connectivity index is 1.15. The molecule has 4 amide bonds. The number of phenolic OH excluding ortho intramolecular Hbond substituents is 1. The average molecular weight is 1400 g/mol. The molecule has 524 valence electrons. The summed E-state index contributed by atoms with van der Waals surface area (Å²) in [5.41, 5.74) is 10.8. The van der Waals surface area contributed by atoms with Crippen LogP contribution in [0.1, 0.15) is 136 Å². The van der Waals surface area contributed by atoms with Gasteiger partial charge in [0.15, 0.2) is 35.5 Å². The van der Waals surface area contributed by atoms with Crippen molar-refractivity contribution in [2.45, 2.75) is 170 Å². The van der Waals surface area contributed by atoms with Crippen LogP contribution in [0.25, 0.3) is 11.1 Å². The number of aromatic hydroxyl groups is 1. The number of ketones is 3. The minimum Gasteiger partial charge on any atom is -0.508 e. The molecule has 16 N–H and O–H groups in total. The number of amides is 4. The van der Waals surface area contributed by atoms with Gasteiger partial charge in [-0.05, 0) is 120 Å². The fourth-order valence-corrected chi connectivity index (χ4v) is 14.3. The predicted molar refractivity (Wildman–Crippen MR) is 345 cm³/mol. The second-order valence-electron chi connectivity index (χ2n) is 26.9. The van der Waals surface area contributed by atoms with Crippen LogP contribution >= 0.6 is 23.2 Å². The lowest BCUT2D eigenvalue weighted by molar-refractivity contribution is -0.333. The van der Waals surface area contributed by atoms with Crippen molar-refractivity contribution in [3.63, 3.8) is 0 Å². The third-order valence-corrected chi connectivity index (χ3v) is 19.6. The monoisotopic (exact) mass is 1400 g/mol. The molecule has 0 aromatic heterocycles. The van der Waals surface area contributed by atoms with Crippen molar-refractivity contribution in [1.29, 1.82) is 0 Å². The molecule has 5 aromatic carbocycles. The lowest BCUT2D eigenvalue weighted by atomic mass is 9.80. The molecule has 2 fully saturated rings. The number of halogens is 2. The van der Waals surface area contributed by atoms with Crippen LogP contribution in [0.5, 0.6) is 34.5 Å². The minimum atomic E-state index is -2.75. The first kappa shape index (κ1) is 71.6. The number of Topliss-reactive ketones (excluding diaryl/α,β-unsaturated/α-hetero) is 3. The third-order valence-electron chi connectivity index (χ3n) is 19.0. The number of primary amides is 1. The molecule has 7 heterocycles. The Morgan fingerprint density at radius 1 is 0.755 bits per heavy atom. The number of aliphatic hydroxyl groups is 8. The number of nitrogens with two attached hydrogens (primary N) is 2. The van der Waals surface area contributed by atoms with Gasteiger partial charge in [-0.25, -0.2) is 0 Å². The molecule has 0 spiro atoms. The van der Waals surface area contributed by atoms with Crippen LogP contribution in [-0.4, -0.2) is 154 Å². The Morgan fingerprint density at radius 2 is 1.40 bits per heavy atom. The van der Waals surface area contributed by atoms with Gasteiger partial charge in [0, 0.05) is 67.2 Å². The molecule has 7 aliphatic heterocycles. The van der Waals surface area contributed by atoms with Crippen LogP contribution in [0, 0.1) is 23.7 Å². The highest BCUT2D eigenvalue weighted by atomic mass is 35.5. The van der Waals surface area contributed by atoms with Crippen LogP contribution in [-0.2, 0) is 60.1 Å². The molecule has 17 unspecified atom stereocenters. The molecule has 27 nitrogen and oxygen atoms in total. The smallest absolute Gasteiger partial charge is 0.230 e. The number of carbonyl (C=O) groups is 7. The van der Waals surface area contributed by atoms with E-state index in [1.165, 1.54) is 74.5 Å². The largest absolute Gasteiger partial charge is 0.508 e. The second kappa shape index (κ2) is 28.1. The first-order chi connectivity index (χ1) is 46.2. The number of rotatable bonds is 11. The molecule has 0 saturated carbocycles. The van der Waals surface area contributed by atoms with E-state index in [4.69, 9.17) is 63.1 Å². The van der Waals surface area contributed by atoms with Crippen molar-refractivity contribution in [1.82, 2.24) is 16.0 Å². The summed E-state index contributed by atoms with van der Waals surface area (Å²) in [6, 6.07) is 12.5. The Morgan fingerprint density at radius 3 is 2.01 bits per heavy atom. The van der Waals surface area contributed by atoms with E-state index in [0.29, 0.717) is 6.42 Å². The molecule has 29 heteroatoms. The third kappa shape index (κ3) is 14.2. The minimum absolute atomic E-state index is 0.00571. The van der Waals surface area contributed by atoms with E-state index in [1.54, 1.807) is 6.92 Å². The van der Waals surface area contributed by atoms with Gasteiger partial charge in [-0.15, -0.1) is 0 Å². The quantitative estimate of drug-likeness (QED) is 0.0839. The van der Waals surface area contributed by atoms with E-state index in [2.05, 4.69) is 16.0 Å². The predicted octanol–water partition coefficient (Wildman–Crippen LogP) is 3.68. The molecular formula is C69H77Cl2N5O22. The summed E-state index contributed by atoms with van der Waals surface area (Å²) in [6.07, 6.45) is -19.8. The number of nitrogens with one attached hydrogen (secondary N) is 3. The Kier molecular flexibility index (Phi) is 20.5. The number of hydrogen-bond acceptors (Lipinski definition) is 23. The number of phenols is 1. The van der Waals surface area contributed by atoms with E-state index in [9.17, 15) is 65.1 Å². The van der Waals surface area contributed by atoms with E-state index in [-0.39, 0.29) is 90.5 Å². The Labute approximate surface area is 571 Å². The molecule has 17 atom stereocenters. The van der Waals surface area contributed by atoms with Crippen LogP contribution in [0.15, 0.2) is 78.9 Å². The van der Waals surface area contributed by atoms with Crippen LogP contribution in [0.3, 0.4) is 0 Å². The molecular weight excluding hydrogens is 1320 g/mol. The number of carbonyl (C=O) groups excluding carboxylic acids is 7. The molecule has 8 aliphatic rings. The lowest BCUT2D eigenvalue weighted by Gasteiger charge is -2.47. The summed E-state index contributed by atoms with van der Waals surface area (Å²) >= 11 is 14.2. The highest BCUT2D eigenvalue weighted by Crippen LogP contribution is 2.52. The first-order valence-electron chi connectivity index (χ1n) is 32.0. The number of ether oxygens (including phenoxy) is 6. The highest BCUT2D eigenvalue weighted by molar-refractivity contribution is 6.32. The van der Waals surface area contributed by atoms with Crippen LogP contribution < -0.4 is 41.6 Å². The standard InChI is InChI=1S/C69H77Cl2N5O22/c1-27(2)12-28(3)64(88)76-56-45(80)17-34(20-52(72)82)65(89)75-55-33-18-49(61(50(19-33)95-48-11-8-32(58(56)84)16-43(48)71)98-67-62(60(86)59(85)51(26-77)96-67)97-53-24-68(5,73)63(87)29(4)93-53)94-47-10-7-31(15-42(47)70)57(83)39-23-44(79)37(22-46(55)81)30-6-9-40-38(14-30)54-35(25-74-66(39)90)13-36(78)21-41(54)69(40,91)92/h6-11,13-16,18-19,21,27-29,34,37,39,51,53,55-60,62-63,67,77-78,83-87,91-92H,12,17,20,22-26,73H2,1-5H3,(H2,72,82)(H,74,90)(H,75,89)(H,76,88). The zero-order chi connectivity index (χ0) is 70.9. The van der Waals surface area contributed by atoms with Crippen molar-refractivity contribution in [3.8, 4) is 45.6 Å². The molecule has 2 saturated heterocycles. The van der Waals surface area contributed by atoms with Crippen molar-refractivity contribution in [3.05, 3.63) is 128 Å².